The molecule has 0 saturated heterocycles. The van der Waals surface area contributed by atoms with Crippen LogP contribution in [-0.2, 0) is 0 Å². The number of rotatable bonds is 23. The average molecular weight is 384 g/mol. The van der Waals surface area contributed by atoms with Crippen molar-refractivity contribution in [2.75, 3.05) is 6.54 Å². The molecule has 1 atom stereocenters. The molecule has 164 valence electrons. The van der Waals surface area contributed by atoms with E-state index in [9.17, 15) is 5.11 Å². The first-order valence-electron chi connectivity index (χ1n) is 12.7. The Bertz CT molecular complexity index is 257. The maximum Gasteiger partial charge on any atom is 0.104 e. The summed E-state index contributed by atoms with van der Waals surface area (Å²) in [6.45, 7) is 5.47. The lowest BCUT2D eigenvalue weighted by molar-refractivity contribution is 0.124. The van der Waals surface area contributed by atoms with Crippen molar-refractivity contribution in [2.45, 2.75) is 155 Å². The van der Waals surface area contributed by atoms with Gasteiger partial charge in [-0.3, -0.25) is 5.32 Å². The number of nitrogens with one attached hydrogen (secondary N) is 1. The SMILES string of the molecule is CCCCCCCCCCCCCCCCCCCC(O)NCCCCC. The highest BCUT2D eigenvalue weighted by molar-refractivity contribution is 4.55. The maximum absolute atomic E-state index is 9.86. The molecule has 0 spiro atoms. The zero-order valence-electron chi connectivity index (χ0n) is 19.1. The van der Waals surface area contributed by atoms with Crippen LogP contribution < -0.4 is 5.32 Å². The highest BCUT2D eigenvalue weighted by Crippen LogP contribution is 2.14. The van der Waals surface area contributed by atoms with E-state index in [0.29, 0.717) is 0 Å². The molecule has 0 saturated carbocycles. The van der Waals surface area contributed by atoms with Crippen molar-refractivity contribution in [2.24, 2.45) is 0 Å². The number of unbranched alkanes of at least 4 members (excludes halogenated alkanes) is 18. The number of aliphatic hydroxyl groups is 1. The van der Waals surface area contributed by atoms with E-state index in [1.807, 2.05) is 0 Å². The molecule has 0 aliphatic rings. The largest absolute Gasteiger partial charge is 0.379 e. The second kappa shape index (κ2) is 24.0. The van der Waals surface area contributed by atoms with E-state index in [1.54, 1.807) is 0 Å². The summed E-state index contributed by atoms with van der Waals surface area (Å²) < 4.78 is 0. The highest BCUT2D eigenvalue weighted by Gasteiger charge is 2.02. The van der Waals surface area contributed by atoms with Crippen LogP contribution in [-0.4, -0.2) is 17.9 Å². The van der Waals surface area contributed by atoms with E-state index < -0.39 is 0 Å². The summed E-state index contributed by atoms with van der Waals surface area (Å²) in [4.78, 5) is 0. The van der Waals surface area contributed by atoms with Crippen molar-refractivity contribution in [1.29, 1.82) is 0 Å². The second-order valence-electron chi connectivity index (χ2n) is 8.62. The molecular weight excluding hydrogens is 330 g/mol. The van der Waals surface area contributed by atoms with E-state index in [1.165, 1.54) is 128 Å². The van der Waals surface area contributed by atoms with Crippen LogP contribution in [0.25, 0.3) is 0 Å². The Hall–Kier alpha value is -0.0800. The summed E-state index contributed by atoms with van der Waals surface area (Å²) in [6, 6.07) is 0. The van der Waals surface area contributed by atoms with Crippen molar-refractivity contribution in [3.63, 3.8) is 0 Å². The minimum Gasteiger partial charge on any atom is -0.379 e. The summed E-state index contributed by atoms with van der Waals surface area (Å²) >= 11 is 0. The van der Waals surface area contributed by atoms with E-state index in [0.717, 1.165) is 13.0 Å². The Morgan fingerprint density at radius 3 is 1.22 bits per heavy atom. The maximum atomic E-state index is 9.86. The summed E-state index contributed by atoms with van der Waals surface area (Å²) in [7, 11) is 0. The molecule has 0 rings (SSSR count). The zero-order valence-corrected chi connectivity index (χ0v) is 19.1. The van der Waals surface area contributed by atoms with Gasteiger partial charge in [0.15, 0.2) is 0 Å². The van der Waals surface area contributed by atoms with E-state index in [4.69, 9.17) is 0 Å². The minimum absolute atomic E-state index is 0.279. The first-order valence-corrected chi connectivity index (χ1v) is 12.7. The lowest BCUT2D eigenvalue weighted by Crippen LogP contribution is -2.29. The fourth-order valence-corrected chi connectivity index (χ4v) is 3.81. The molecule has 0 bridgehead atoms. The van der Waals surface area contributed by atoms with Gasteiger partial charge in [-0.2, -0.15) is 0 Å². The Balaban J connectivity index is 3.06. The predicted octanol–water partition coefficient (Wildman–Crippen LogP) is 8.13. The quantitative estimate of drug-likeness (QED) is 0.138. The van der Waals surface area contributed by atoms with E-state index in [-0.39, 0.29) is 6.23 Å². The first kappa shape index (κ1) is 26.9. The van der Waals surface area contributed by atoms with Crippen molar-refractivity contribution in [1.82, 2.24) is 5.32 Å². The molecule has 27 heavy (non-hydrogen) atoms. The molecule has 0 amide bonds. The van der Waals surface area contributed by atoms with Crippen LogP contribution in [0.4, 0.5) is 0 Å². The van der Waals surface area contributed by atoms with Gasteiger partial charge in [-0.25, -0.2) is 0 Å². The van der Waals surface area contributed by atoms with E-state index >= 15 is 0 Å². The van der Waals surface area contributed by atoms with Crippen LogP contribution in [0.1, 0.15) is 149 Å². The van der Waals surface area contributed by atoms with E-state index in [2.05, 4.69) is 19.2 Å². The lowest BCUT2D eigenvalue weighted by atomic mass is 10.0. The Kier molecular flexibility index (Phi) is 23.9. The third kappa shape index (κ3) is 23.9. The van der Waals surface area contributed by atoms with Gasteiger partial charge in [0, 0.05) is 0 Å². The zero-order chi connectivity index (χ0) is 19.8. The fourth-order valence-electron chi connectivity index (χ4n) is 3.81. The topological polar surface area (TPSA) is 32.3 Å². The van der Waals surface area contributed by atoms with Crippen LogP contribution in [0.3, 0.4) is 0 Å². The molecule has 0 aromatic heterocycles. The number of aliphatic hydroxyl groups excluding tert-OH is 1. The van der Waals surface area contributed by atoms with Gasteiger partial charge in [0.1, 0.15) is 6.23 Å². The standard InChI is InChI=1S/C25H53NO/c1-3-5-7-8-9-10-11-12-13-14-15-16-17-18-19-20-21-23-25(27)26-24-22-6-4-2/h25-27H,3-24H2,1-2H3. The first-order chi connectivity index (χ1) is 13.3. The Labute approximate surface area is 172 Å². The Morgan fingerprint density at radius 1 is 0.481 bits per heavy atom. The van der Waals surface area contributed by atoms with Gasteiger partial charge < -0.3 is 5.11 Å². The minimum atomic E-state index is -0.279. The summed E-state index contributed by atoms with van der Waals surface area (Å²) in [6.07, 6.45) is 28.3. The third-order valence-electron chi connectivity index (χ3n) is 5.74. The second-order valence-corrected chi connectivity index (χ2v) is 8.62. The summed E-state index contributed by atoms with van der Waals surface area (Å²) in [5.41, 5.74) is 0. The monoisotopic (exact) mass is 383 g/mol. The fraction of sp³-hybridized carbons (Fsp3) is 1.00. The molecule has 0 aliphatic carbocycles. The van der Waals surface area contributed by atoms with Gasteiger partial charge in [-0.1, -0.05) is 129 Å². The summed E-state index contributed by atoms with van der Waals surface area (Å²) in [5, 5.41) is 13.1. The Morgan fingerprint density at radius 2 is 0.815 bits per heavy atom. The molecule has 0 radical (unpaired) electrons. The van der Waals surface area contributed by atoms with Gasteiger partial charge in [0.25, 0.3) is 0 Å². The van der Waals surface area contributed by atoms with Gasteiger partial charge >= 0.3 is 0 Å². The van der Waals surface area contributed by atoms with Gasteiger partial charge in [0.05, 0.1) is 0 Å². The van der Waals surface area contributed by atoms with Crippen LogP contribution in [0.2, 0.25) is 0 Å². The molecular formula is C25H53NO. The number of hydrogen-bond donors (Lipinski definition) is 2. The molecule has 2 heteroatoms. The third-order valence-corrected chi connectivity index (χ3v) is 5.74. The van der Waals surface area contributed by atoms with Crippen molar-refractivity contribution >= 4 is 0 Å². The molecule has 2 N–H and O–H groups in total. The van der Waals surface area contributed by atoms with Gasteiger partial charge in [-0.05, 0) is 25.8 Å². The van der Waals surface area contributed by atoms with Crippen molar-refractivity contribution in [3.8, 4) is 0 Å². The van der Waals surface area contributed by atoms with Gasteiger partial charge in [0.2, 0.25) is 0 Å². The molecule has 0 fully saturated rings. The summed E-state index contributed by atoms with van der Waals surface area (Å²) in [5.74, 6) is 0. The van der Waals surface area contributed by atoms with Crippen molar-refractivity contribution in [3.05, 3.63) is 0 Å². The lowest BCUT2D eigenvalue weighted by Gasteiger charge is -2.12. The average Bonchev–Trinajstić information content (AvgIpc) is 2.67. The molecule has 0 aromatic rings. The van der Waals surface area contributed by atoms with Crippen LogP contribution in [0.15, 0.2) is 0 Å². The van der Waals surface area contributed by atoms with Crippen LogP contribution >= 0.6 is 0 Å². The molecule has 1 unspecified atom stereocenters. The highest BCUT2D eigenvalue weighted by atomic mass is 16.3. The molecule has 0 aliphatic heterocycles. The normalized spacial score (nSPS) is 12.6. The van der Waals surface area contributed by atoms with Gasteiger partial charge in [-0.15, -0.1) is 0 Å². The predicted molar refractivity (Wildman–Crippen MR) is 122 cm³/mol. The van der Waals surface area contributed by atoms with Crippen LogP contribution in [0.5, 0.6) is 0 Å². The molecule has 0 aromatic carbocycles. The smallest absolute Gasteiger partial charge is 0.104 e. The van der Waals surface area contributed by atoms with Crippen LogP contribution in [0, 0.1) is 0 Å². The molecule has 2 nitrogen and oxygen atoms in total. The number of hydrogen-bond acceptors (Lipinski definition) is 2. The van der Waals surface area contributed by atoms with Crippen molar-refractivity contribution < 1.29 is 5.11 Å². The molecule has 0 heterocycles.